The summed E-state index contributed by atoms with van der Waals surface area (Å²) < 4.78 is 0. The number of aliphatic hydroxyl groups excluding tert-OH is 1. The summed E-state index contributed by atoms with van der Waals surface area (Å²) in [7, 11) is 1.00. The molecular formula is C25H27N5O2. The first kappa shape index (κ1) is 22.9. The van der Waals surface area contributed by atoms with Crippen LogP contribution in [0.1, 0.15) is 33.1 Å². The summed E-state index contributed by atoms with van der Waals surface area (Å²) in [6.07, 6.45) is 3.10. The maximum absolute atomic E-state index is 12.8. The Balaban J connectivity index is 0.00000141. The van der Waals surface area contributed by atoms with Crippen LogP contribution in [0.5, 0.6) is 0 Å². The van der Waals surface area contributed by atoms with Crippen molar-refractivity contribution in [3.05, 3.63) is 95.3 Å². The van der Waals surface area contributed by atoms with Gasteiger partial charge < -0.3 is 15.7 Å². The molecule has 32 heavy (non-hydrogen) atoms. The van der Waals surface area contributed by atoms with Crippen LogP contribution in [0.2, 0.25) is 0 Å². The smallest absolute Gasteiger partial charge is 0.255 e. The average molecular weight is 430 g/mol. The van der Waals surface area contributed by atoms with Crippen molar-refractivity contribution in [1.82, 2.24) is 14.8 Å². The van der Waals surface area contributed by atoms with Crippen LogP contribution in [0.15, 0.2) is 73.1 Å². The fraction of sp³-hybridized carbons (Fsp3) is 0.240. The molecule has 3 N–H and O–H groups in total. The number of nitrogens with zero attached hydrogens (tertiary/aromatic N) is 4. The van der Waals surface area contributed by atoms with E-state index in [9.17, 15) is 10.1 Å². The van der Waals surface area contributed by atoms with E-state index in [1.807, 2.05) is 41.3 Å². The lowest BCUT2D eigenvalue weighted by atomic mass is 9.95. The van der Waals surface area contributed by atoms with Crippen LogP contribution in [0.4, 0.5) is 5.69 Å². The highest BCUT2D eigenvalue weighted by Gasteiger charge is 2.28. The van der Waals surface area contributed by atoms with Crippen LogP contribution >= 0.6 is 0 Å². The van der Waals surface area contributed by atoms with Crippen molar-refractivity contribution in [1.29, 1.82) is 5.26 Å². The lowest BCUT2D eigenvalue weighted by Crippen LogP contribution is -2.49. The van der Waals surface area contributed by atoms with Crippen LogP contribution in [-0.2, 0) is 0 Å². The molecule has 0 saturated carbocycles. The third kappa shape index (κ3) is 5.30. The van der Waals surface area contributed by atoms with E-state index >= 15 is 0 Å². The number of nitrogen functional groups attached to an aromatic ring is 1. The van der Waals surface area contributed by atoms with E-state index < -0.39 is 0 Å². The molecule has 0 bridgehead atoms. The molecule has 4 rings (SSSR count). The van der Waals surface area contributed by atoms with Gasteiger partial charge in [-0.25, -0.2) is 0 Å². The van der Waals surface area contributed by atoms with Gasteiger partial charge in [0, 0.05) is 45.7 Å². The highest BCUT2D eigenvalue weighted by atomic mass is 16.2. The Morgan fingerprint density at radius 2 is 1.69 bits per heavy atom. The lowest BCUT2D eigenvalue weighted by molar-refractivity contribution is 0.0597. The van der Waals surface area contributed by atoms with Crippen molar-refractivity contribution >= 4 is 11.6 Å². The minimum Gasteiger partial charge on any atom is -0.400 e. The second-order valence-electron chi connectivity index (χ2n) is 7.39. The molecule has 1 amide bonds. The predicted octanol–water partition coefficient (Wildman–Crippen LogP) is 2.69. The van der Waals surface area contributed by atoms with Gasteiger partial charge in [-0.05, 0) is 29.3 Å². The van der Waals surface area contributed by atoms with E-state index in [2.05, 4.69) is 34.2 Å². The molecule has 0 radical (unpaired) electrons. The fourth-order valence-corrected chi connectivity index (χ4v) is 3.97. The number of hydrogen-bond acceptors (Lipinski definition) is 6. The molecule has 1 aliphatic rings. The Bertz CT molecular complexity index is 1070. The molecule has 1 saturated heterocycles. The molecule has 7 nitrogen and oxygen atoms in total. The molecule has 1 aromatic heterocycles. The Labute approximate surface area is 188 Å². The largest absolute Gasteiger partial charge is 0.400 e. The number of rotatable bonds is 4. The zero-order valence-corrected chi connectivity index (χ0v) is 18.1. The summed E-state index contributed by atoms with van der Waals surface area (Å²) in [5.41, 5.74) is 9.69. The van der Waals surface area contributed by atoms with Gasteiger partial charge in [0.15, 0.2) is 0 Å². The minimum atomic E-state index is -0.0443. The van der Waals surface area contributed by atoms with E-state index in [1.165, 1.54) is 11.8 Å². The standard InChI is InChI=1S/C24H23N5O.CH4O/c25-15-18-5-4-8-20(13-18)23(19-6-2-1-3-7-19)28-9-11-29(12-10-28)24(30)21-14-22(26)17-27-16-21;1-2/h1-8,13-14,16-17,23H,9-12,26H2;2H,1H3. The quantitative estimate of drug-likeness (QED) is 0.660. The summed E-state index contributed by atoms with van der Waals surface area (Å²) in [5, 5.41) is 16.3. The van der Waals surface area contributed by atoms with Crippen LogP contribution in [0.25, 0.3) is 0 Å². The molecule has 0 aliphatic carbocycles. The number of carbonyl (C=O) groups excluding carboxylic acids is 1. The van der Waals surface area contributed by atoms with Crippen LogP contribution in [-0.4, -0.2) is 59.1 Å². The van der Waals surface area contributed by atoms with Crippen molar-refractivity contribution in [2.75, 3.05) is 39.0 Å². The number of aliphatic hydroxyl groups is 1. The van der Waals surface area contributed by atoms with E-state index in [4.69, 9.17) is 10.8 Å². The highest BCUT2D eigenvalue weighted by Crippen LogP contribution is 2.30. The van der Waals surface area contributed by atoms with E-state index in [1.54, 1.807) is 12.3 Å². The summed E-state index contributed by atoms with van der Waals surface area (Å²) >= 11 is 0. The van der Waals surface area contributed by atoms with Crippen LogP contribution in [0, 0.1) is 11.3 Å². The summed E-state index contributed by atoms with van der Waals surface area (Å²) in [6.45, 7) is 2.71. The third-order valence-electron chi connectivity index (χ3n) is 5.42. The lowest BCUT2D eigenvalue weighted by Gasteiger charge is -2.39. The normalized spacial score (nSPS) is 14.6. The Morgan fingerprint density at radius 1 is 1.00 bits per heavy atom. The predicted molar refractivity (Wildman–Crippen MR) is 124 cm³/mol. The van der Waals surface area contributed by atoms with E-state index in [0.29, 0.717) is 29.9 Å². The van der Waals surface area contributed by atoms with Crippen molar-refractivity contribution in [3.63, 3.8) is 0 Å². The SMILES string of the molecule is CO.N#Cc1cccc(C(c2ccccc2)N2CCN(C(=O)c3cncc(N)c3)CC2)c1. The maximum Gasteiger partial charge on any atom is 0.255 e. The zero-order valence-electron chi connectivity index (χ0n) is 18.1. The molecule has 2 heterocycles. The van der Waals surface area contributed by atoms with Gasteiger partial charge in [-0.15, -0.1) is 0 Å². The molecule has 7 heteroatoms. The molecular weight excluding hydrogens is 402 g/mol. The molecule has 164 valence electrons. The van der Waals surface area contributed by atoms with E-state index in [0.717, 1.165) is 25.8 Å². The number of benzene rings is 2. The monoisotopic (exact) mass is 429 g/mol. The number of carbonyl (C=O) groups is 1. The Hall–Kier alpha value is -3.73. The average Bonchev–Trinajstić information content (AvgIpc) is 2.86. The molecule has 2 aromatic carbocycles. The van der Waals surface area contributed by atoms with Crippen LogP contribution in [0.3, 0.4) is 0 Å². The van der Waals surface area contributed by atoms with Gasteiger partial charge in [-0.3, -0.25) is 14.7 Å². The third-order valence-corrected chi connectivity index (χ3v) is 5.42. The molecule has 1 atom stereocenters. The molecule has 1 aliphatic heterocycles. The number of aromatic nitrogens is 1. The molecule has 0 spiro atoms. The fourth-order valence-electron chi connectivity index (χ4n) is 3.97. The van der Waals surface area contributed by atoms with Gasteiger partial charge >= 0.3 is 0 Å². The van der Waals surface area contributed by atoms with Crippen molar-refractivity contribution in [2.24, 2.45) is 0 Å². The number of nitrogens with two attached hydrogens (primary N) is 1. The molecule has 1 fully saturated rings. The number of piperazine rings is 1. The van der Waals surface area contributed by atoms with E-state index in [-0.39, 0.29) is 11.9 Å². The first-order valence-corrected chi connectivity index (χ1v) is 10.4. The highest BCUT2D eigenvalue weighted by molar-refractivity contribution is 5.94. The topological polar surface area (TPSA) is 106 Å². The molecule has 1 unspecified atom stereocenters. The number of anilines is 1. The van der Waals surface area contributed by atoms with Gasteiger partial charge in [0.05, 0.1) is 28.9 Å². The van der Waals surface area contributed by atoms with Gasteiger partial charge in [-0.1, -0.05) is 42.5 Å². The number of hydrogen-bond donors (Lipinski definition) is 2. The van der Waals surface area contributed by atoms with Gasteiger partial charge in [0.2, 0.25) is 0 Å². The summed E-state index contributed by atoms with van der Waals surface area (Å²) in [4.78, 5) is 21.1. The minimum absolute atomic E-state index is 0.0331. The summed E-state index contributed by atoms with van der Waals surface area (Å²) in [6, 6.07) is 22.0. The van der Waals surface area contributed by atoms with Gasteiger partial charge in [-0.2, -0.15) is 5.26 Å². The maximum atomic E-state index is 12.8. The zero-order chi connectivity index (χ0) is 22.9. The molecule has 3 aromatic rings. The summed E-state index contributed by atoms with van der Waals surface area (Å²) in [5.74, 6) is -0.0443. The van der Waals surface area contributed by atoms with Crippen molar-refractivity contribution in [3.8, 4) is 6.07 Å². The number of nitriles is 1. The van der Waals surface area contributed by atoms with Crippen molar-refractivity contribution in [2.45, 2.75) is 6.04 Å². The number of pyridine rings is 1. The van der Waals surface area contributed by atoms with Crippen molar-refractivity contribution < 1.29 is 9.90 Å². The van der Waals surface area contributed by atoms with Gasteiger partial charge in [0.1, 0.15) is 0 Å². The second kappa shape index (κ2) is 11.0. The Morgan fingerprint density at radius 3 is 2.34 bits per heavy atom. The second-order valence-corrected chi connectivity index (χ2v) is 7.39. The first-order valence-electron chi connectivity index (χ1n) is 10.4. The van der Waals surface area contributed by atoms with Crippen LogP contribution < -0.4 is 5.73 Å². The first-order chi connectivity index (χ1) is 15.7. The number of amides is 1. The Kier molecular flexibility index (Phi) is 7.92. The van der Waals surface area contributed by atoms with Gasteiger partial charge in [0.25, 0.3) is 5.91 Å².